The lowest BCUT2D eigenvalue weighted by Crippen LogP contribution is -2.05. The Hall–Kier alpha value is -2.39. The van der Waals surface area contributed by atoms with Gasteiger partial charge in [-0.2, -0.15) is 0 Å². The highest BCUT2D eigenvalue weighted by Gasteiger charge is 2.14. The molecule has 110 valence electrons. The van der Waals surface area contributed by atoms with E-state index in [-0.39, 0.29) is 5.78 Å². The van der Waals surface area contributed by atoms with Gasteiger partial charge in [-0.05, 0) is 24.4 Å². The number of hydrogen-bond acceptors (Lipinski definition) is 6. The predicted molar refractivity (Wildman–Crippen MR) is 84.8 cm³/mol. The monoisotopic (exact) mass is 330 g/mol. The van der Waals surface area contributed by atoms with E-state index in [1.807, 2.05) is 24.3 Å². The number of fused-ring (bicyclic) bond motifs is 2. The summed E-state index contributed by atoms with van der Waals surface area (Å²) in [6, 6.07) is 7.56. The van der Waals surface area contributed by atoms with E-state index in [2.05, 4.69) is 25.3 Å². The third-order valence-corrected chi connectivity index (χ3v) is 4.38. The summed E-state index contributed by atoms with van der Waals surface area (Å²) in [6.07, 6.45) is 0.774. The van der Waals surface area contributed by atoms with Crippen LogP contribution in [-0.4, -0.2) is 35.6 Å². The minimum atomic E-state index is -0.0539. The van der Waals surface area contributed by atoms with Gasteiger partial charge in [0.1, 0.15) is 0 Å². The van der Waals surface area contributed by atoms with E-state index >= 15 is 0 Å². The van der Waals surface area contributed by atoms with Crippen molar-refractivity contribution in [3.63, 3.8) is 0 Å². The van der Waals surface area contributed by atoms with E-state index in [1.54, 1.807) is 4.52 Å². The molecule has 0 atom stereocenters. The fraction of sp³-hybridized carbons (Fsp3) is 0.154. The van der Waals surface area contributed by atoms with Crippen molar-refractivity contribution in [2.24, 2.45) is 0 Å². The van der Waals surface area contributed by atoms with Gasteiger partial charge in [-0.1, -0.05) is 23.5 Å². The molecular formula is C13H10N6OS2. The Morgan fingerprint density at radius 2 is 2.18 bits per heavy atom. The summed E-state index contributed by atoms with van der Waals surface area (Å²) in [4.78, 5) is 20.3. The highest BCUT2D eigenvalue weighted by molar-refractivity contribution is 7.73. The topological polar surface area (TPSA) is 91.7 Å². The number of para-hydroxylation sites is 2. The smallest absolute Gasteiger partial charge is 0.233 e. The number of carbonyl (C=O) groups is 1. The first-order valence-corrected chi connectivity index (χ1v) is 7.84. The maximum absolute atomic E-state index is 12.3. The minimum absolute atomic E-state index is 0.0539. The zero-order valence-corrected chi connectivity index (χ0v) is 12.9. The van der Waals surface area contributed by atoms with Crippen LogP contribution in [-0.2, 0) is 6.42 Å². The van der Waals surface area contributed by atoms with E-state index in [0.717, 1.165) is 11.0 Å². The molecule has 0 aliphatic heterocycles. The molecule has 0 saturated heterocycles. The van der Waals surface area contributed by atoms with Gasteiger partial charge in [0, 0.05) is 12.8 Å². The van der Waals surface area contributed by atoms with Gasteiger partial charge >= 0.3 is 0 Å². The number of aromatic amines is 2. The van der Waals surface area contributed by atoms with E-state index < -0.39 is 0 Å². The summed E-state index contributed by atoms with van der Waals surface area (Å²) in [6.45, 7) is 0. The van der Waals surface area contributed by atoms with Gasteiger partial charge in [-0.3, -0.25) is 9.89 Å². The van der Waals surface area contributed by atoms with Gasteiger partial charge in [-0.25, -0.2) is 9.50 Å². The second-order valence-corrected chi connectivity index (χ2v) is 6.41. The number of H-pyrrole nitrogens is 2. The lowest BCUT2D eigenvalue weighted by molar-refractivity contribution is 0.0973. The summed E-state index contributed by atoms with van der Waals surface area (Å²) in [5, 5.41) is 11.1. The van der Waals surface area contributed by atoms with Crippen LogP contribution in [0.1, 0.15) is 22.9 Å². The molecule has 4 aromatic rings. The van der Waals surface area contributed by atoms with Crippen LogP contribution >= 0.6 is 23.6 Å². The molecule has 0 aliphatic rings. The summed E-state index contributed by atoms with van der Waals surface area (Å²) >= 11 is 6.42. The SMILES string of the molecule is O=C(CCc1nnc2sc(=S)[nH]n12)c1nc2ccccc2[nH]1. The average Bonchev–Trinajstić information content (AvgIpc) is 3.18. The lowest BCUT2D eigenvalue weighted by Gasteiger charge is -1.96. The molecule has 0 saturated carbocycles. The number of rotatable bonds is 4. The molecule has 4 rings (SSSR count). The third-order valence-electron chi connectivity index (χ3n) is 3.32. The van der Waals surface area contributed by atoms with Crippen molar-refractivity contribution >= 4 is 45.3 Å². The van der Waals surface area contributed by atoms with Crippen molar-refractivity contribution < 1.29 is 4.79 Å². The first-order chi connectivity index (χ1) is 10.7. The Morgan fingerprint density at radius 3 is 3.05 bits per heavy atom. The average molecular weight is 330 g/mol. The van der Waals surface area contributed by atoms with Crippen LogP contribution in [0, 0.1) is 3.95 Å². The zero-order valence-electron chi connectivity index (χ0n) is 11.2. The van der Waals surface area contributed by atoms with Gasteiger partial charge < -0.3 is 4.98 Å². The second-order valence-electron chi connectivity index (χ2n) is 4.76. The number of aryl methyl sites for hydroxylation is 1. The Morgan fingerprint density at radius 1 is 1.32 bits per heavy atom. The van der Waals surface area contributed by atoms with Crippen LogP contribution in [0.25, 0.3) is 16.0 Å². The molecule has 0 aliphatic carbocycles. The number of nitrogens with zero attached hydrogens (tertiary/aromatic N) is 4. The third kappa shape index (κ3) is 2.24. The largest absolute Gasteiger partial charge is 0.335 e. The van der Waals surface area contributed by atoms with Crippen molar-refractivity contribution in [1.29, 1.82) is 0 Å². The zero-order chi connectivity index (χ0) is 15.1. The maximum atomic E-state index is 12.3. The van der Waals surface area contributed by atoms with Crippen LogP contribution in [0.3, 0.4) is 0 Å². The fourth-order valence-electron chi connectivity index (χ4n) is 2.27. The lowest BCUT2D eigenvalue weighted by atomic mass is 10.2. The molecule has 22 heavy (non-hydrogen) atoms. The van der Waals surface area contributed by atoms with Gasteiger partial charge in [0.25, 0.3) is 0 Å². The van der Waals surface area contributed by atoms with Gasteiger partial charge in [-0.15, -0.1) is 10.2 Å². The quantitative estimate of drug-likeness (QED) is 0.443. The highest BCUT2D eigenvalue weighted by atomic mass is 32.1. The van der Waals surface area contributed by atoms with Crippen molar-refractivity contribution in [1.82, 2.24) is 29.8 Å². The molecule has 0 amide bonds. The number of ketones is 1. The Balaban J connectivity index is 1.55. The summed E-state index contributed by atoms with van der Waals surface area (Å²) < 4.78 is 2.36. The number of benzene rings is 1. The van der Waals surface area contributed by atoms with Crippen LogP contribution in [0.2, 0.25) is 0 Å². The predicted octanol–water partition coefficient (Wildman–Crippen LogP) is 2.54. The summed E-state index contributed by atoms with van der Waals surface area (Å²) in [7, 11) is 0. The van der Waals surface area contributed by atoms with Crippen molar-refractivity contribution in [3.05, 3.63) is 39.9 Å². The normalized spacial score (nSPS) is 11.5. The standard InChI is InChI=1S/C13H10N6OS2/c20-9(11-14-7-3-1-2-4-8(7)15-11)5-6-10-16-17-12-19(10)18-13(21)22-12/h1-4H,5-6H2,(H,14,15)(H,18,21). The molecule has 0 bridgehead atoms. The molecule has 0 spiro atoms. The van der Waals surface area contributed by atoms with Crippen molar-refractivity contribution in [3.8, 4) is 0 Å². The van der Waals surface area contributed by atoms with E-state index in [4.69, 9.17) is 12.2 Å². The van der Waals surface area contributed by atoms with Gasteiger partial charge in [0.15, 0.2) is 21.4 Å². The molecule has 0 radical (unpaired) electrons. The van der Waals surface area contributed by atoms with Crippen LogP contribution in [0.4, 0.5) is 0 Å². The Labute approximate surface area is 133 Å². The van der Waals surface area contributed by atoms with Crippen LogP contribution in [0.5, 0.6) is 0 Å². The number of aromatic nitrogens is 6. The summed E-state index contributed by atoms with van der Waals surface area (Å²) in [5.41, 5.74) is 1.65. The highest BCUT2D eigenvalue weighted by Crippen LogP contribution is 2.14. The molecule has 3 aromatic heterocycles. The number of Topliss-reactive ketones (excluding diaryl/α,β-unsaturated/α-hetero) is 1. The molecule has 3 heterocycles. The van der Waals surface area contributed by atoms with Crippen LogP contribution < -0.4 is 0 Å². The van der Waals surface area contributed by atoms with Crippen molar-refractivity contribution in [2.75, 3.05) is 0 Å². The first-order valence-electron chi connectivity index (χ1n) is 6.62. The second kappa shape index (κ2) is 5.11. The summed E-state index contributed by atoms with van der Waals surface area (Å²) in [5.74, 6) is 1.01. The number of imidazole rings is 1. The fourth-order valence-corrected chi connectivity index (χ4v) is 3.21. The first kappa shape index (κ1) is 13.3. The molecule has 9 heteroatoms. The van der Waals surface area contributed by atoms with E-state index in [9.17, 15) is 4.79 Å². The number of hydrogen-bond donors (Lipinski definition) is 2. The van der Waals surface area contributed by atoms with Crippen LogP contribution in [0.15, 0.2) is 24.3 Å². The Kier molecular flexibility index (Phi) is 3.09. The molecule has 0 unspecified atom stereocenters. The molecular weight excluding hydrogens is 320 g/mol. The molecule has 0 fully saturated rings. The Bertz CT molecular complexity index is 1010. The van der Waals surface area contributed by atoms with E-state index in [1.165, 1.54) is 11.3 Å². The molecule has 7 nitrogen and oxygen atoms in total. The minimum Gasteiger partial charge on any atom is -0.335 e. The molecule has 1 aromatic carbocycles. The van der Waals surface area contributed by atoms with Crippen molar-refractivity contribution in [2.45, 2.75) is 12.8 Å². The molecule has 2 N–H and O–H groups in total. The van der Waals surface area contributed by atoms with Gasteiger partial charge in [0.2, 0.25) is 4.96 Å². The van der Waals surface area contributed by atoms with E-state index in [0.29, 0.717) is 33.4 Å². The number of nitrogens with one attached hydrogen (secondary N) is 2. The number of carbonyl (C=O) groups excluding carboxylic acids is 1. The van der Waals surface area contributed by atoms with Gasteiger partial charge in [0.05, 0.1) is 11.0 Å². The maximum Gasteiger partial charge on any atom is 0.233 e.